The number of benzene rings is 2. The highest BCUT2D eigenvalue weighted by Gasteiger charge is 2.51. The van der Waals surface area contributed by atoms with Gasteiger partial charge in [0.25, 0.3) is 5.91 Å². The fourth-order valence-electron chi connectivity index (χ4n) is 6.69. The van der Waals surface area contributed by atoms with Gasteiger partial charge in [-0.3, -0.25) is 4.79 Å². The Labute approximate surface area is 180 Å². The number of carbonyl (C=O) groups is 1. The van der Waals surface area contributed by atoms with E-state index in [1.54, 1.807) is 6.92 Å². The maximum Gasteiger partial charge on any atom is 0.265 e. The summed E-state index contributed by atoms with van der Waals surface area (Å²) in [6, 6.07) is 14.8. The monoisotopic (exact) mass is 403 g/mol. The maximum atomic E-state index is 12.7. The van der Waals surface area contributed by atoms with E-state index in [-0.39, 0.29) is 5.91 Å². The summed E-state index contributed by atoms with van der Waals surface area (Å²) < 4.78 is 5.94. The molecule has 2 aromatic rings. The van der Waals surface area contributed by atoms with Crippen LogP contribution < -0.4 is 10.1 Å². The van der Waals surface area contributed by atoms with E-state index in [2.05, 4.69) is 35.6 Å². The van der Waals surface area contributed by atoms with Crippen LogP contribution in [0.15, 0.2) is 42.5 Å². The van der Waals surface area contributed by atoms with Gasteiger partial charge in [-0.25, -0.2) is 0 Å². The van der Waals surface area contributed by atoms with Crippen LogP contribution >= 0.6 is 0 Å². The lowest BCUT2D eigenvalue weighted by Crippen LogP contribution is -2.48. The van der Waals surface area contributed by atoms with Crippen molar-refractivity contribution in [3.05, 3.63) is 59.2 Å². The Bertz CT molecular complexity index is 911. The number of amides is 1. The molecule has 6 rings (SSSR count). The molecule has 4 fully saturated rings. The second-order valence-electron chi connectivity index (χ2n) is 10.3. The normalized spacial score (nSPS) is 30.2. The zero-order valence-corrected chi connectivity index (χ0v) is 18.4. The number of nitrogens with one attached hydrogen (secondary N) is 1. The first-order valence-electron chi connectivity index (χ1n) is 11.6. The molecule has 1 unspecified atom stereocenters. The van der Waals surface area contributed by atoms with Gasteiger partial charge in [0.05, 0.1) is 0 Å². The highest BCUT2D eigenvalue weighted by Crippen LogP contribution is 2.60. The van der Waals surface area contributed by atoms with Gasteiger partial charge in [0, 0.05) is 5.69 Å². The van der Waals surface area contributed by atoms with Crippen LogP contribution in [0.3, 0.4) is 0 Å². The van der Waals surface area contributed by atoms with Gasteiger partial charge in [0.1, 0.15) is 5.75 Å². The van der Waals surface area contributed by atoms with E-state index in [1.807, 2.05) is 26.0 Å². The van der Waals surface area contributed by atoms with Gasteiger partial charge in [-0.2, -0.15) is 0 Å². The molecule has 4 bridgehead atoms. The number of ether oxygens (including phenoxy) is 1. The van der Waals surface area contributed by atoms with Crippen LogP contribution in [0.5, 0.6) is 5.75 Å². The standard InChI is InChI=1S/C27H33NO2/c1-17-4-5-18(2)25(10-17)30-19(3)26(29)28-24-8-6-23(7-9-24)27-14-20-11-21(15-27)13-22(12-20)16-27/h4-10,19-22H,11-16H2,1-3H3,(H,28,29). The topological polar surface area (TPSA) is 38.3 Å². The van der Waals surface area contributed by atoms with E-state index in [0.29, 0.717) is 5.41 Å². The molecule has 3 nitrogen and oxygen atoms in total. The zero-order chi connectivity index (χ0) is 20.9. The lowest BCUT2D eigenvalue weighted by Gasteiger charge is -2.57. The minimum Gasteiger partial charge on any atom is -0.481 e. The molecule has 158 valence electrons. The smallest absolute Gasteiger partial charge is 0.265 e. The Balaban J connectivity index is 1.25. The molecular formula is C27H33NO2. The number of hydrogen-bond donors (Lipinski definition) is 1. The van der Waals surface area contributed by atoms with Crippen LogP contribution in [0.25, 0.3) is 0 Å². The average Bonchev–Trinajstić information content (AvgIpc) is 2.70. The molecule has 4 aliphatic rings. The zero-order valence-electron chi connectivity index (χ0n) is 18.4. The Morgan fingerprint density at radius 3 is 2.17 bits per heavy atom. The second-order valence-corrected chi connectivity index (χ2v) is 10.3. The van der Waals surface area contributed by atoms with Gasteiger partial charge in [-0.15, -0.1) is 0 Å². The van der Waals surface area contributed by atoms with Crippen LogP contribution in [0.4, 0.5) is 5.69 Å². The van der Waals surface area contributed by atoms with Gasteiger partial charge in [-0.1, -0.05) is 24.3 Å². The molecule has 4 aliphatic carbocycles. The summed E-state index contributed by atoms with van der Waals surface area (Å²) in [4.78, 5) is 12.7. The number of hydrogen-bond acceptors (Lipinski definition) is 2. The van der Waals surface area contributed by atoms with Crippen molar-refractivity contribution >= 4 is 11.6 Å². The van der Waals surface area contributed by atoms with Crippen LogP contribution in [0.2, 0.25) is 0 Å². The molecule has 0 heterocycles. The minimum absolute atomic E-state index is 0.113. The quantitative estimate of drug-likeness (QED) is 0.647. The number of rotatable bonds is 5. The Morgan fingerprint density at radius 1 is 0.967 bits per heavy atom. The molecule has 2 aromatic carbocycles. The molecule has 1 atom stereocenters. The summed E-state index contributed by atoms with van der Waals surface area (Å²) in [5, 5.41) is 3.03. The molecular weight excluding hydrogens is 370 g/mol. The summed E-state index contributed by atoms with van der Waals surface area (Å²) in [6.07, 6.45) is 7.94. The Kier molecular flexibility index (Phi) is 4.88. The van der Waals surface area contributed by atoms with E-state index in [0.717, 1.165) is 40.3 Å². The molecule has 4 saturated carbocycles. The average molecular weight is 404 g/mol. The second kappa shape index (κ2) is 7.44. The first-order valence-corrected chi connectivity index (χ1v) is 11.6. The van der Waals surface area contributed by atoms with Crippen molar-refractivity contribution in [3.8, 4) is 5.75 Å². The lowest BCUT2D eigenvalue weighted by molar-refractivity contribution is -0.122. The van der Waals surface area contributed by atoms with Crippen molar-refractivity contribution in [1.82, 2.24) is 0 Å². The fourth-order valence-corrected chi connectivity index (χ4v) is 6.69. The van der Waals surface area contributed by atoms with Crippen molar-refractivity contribution in [1.29, 1.82) is 0 Å². The van der Waals surface area contributed by atoms with E-state index >= 15 is 0 Å². The van der Waals surface area contributed by atoms with Crippen molar-refractivity contribution in [3.63, 3.8) is 0 Å². The van der Waals surface area contributed by atoms with Gasteiger partial charge >= 0.3 is 0 Å². The first-order chi connectivity index (χ1) is 14.4. The molecule has 0 spiro atoms. The summed E-state index contributed by atoms with van der Waals surface area (Å²) in [5.74, 6) is 3.49. The molecule has 30 heavy (non-hydrogen) atoms. The SMILES string of the molecule is Cc1ccc(C)c(OC(C)C(=O)Nc2ccc(C34CC5CC(CC(C5)C3)C4)cc2)c1. The van der Waals surface area contributed by atoms with E-state index in [1.165, 1.54) is 44.1 Å². The summed E-state index contributed by atoms with van der Waals surface area (Å²) in [6.45, 7) is 5.84. The van der Waals surface area contributed by atoms with Crippen LogP contribution in [0, 0.1) is 31.6 Å². The lowest BCUT2D eigenvalue weighted by atomic mass is 9.48. The molecule has 1 N–H and O–H groups in total. The molecule has 0 saturated heterocycles. The number of carbonyl (C=O) groups excluding carboxylic acids is 1. The van der Waals surface area contributed by atoms with E-state index in [4.69, 9.17) is 4.74 Å². The molecule has 0 aliphatic heterocycles. The molecule has 0 aromatic heterocycles. The van der Waals surface area contributed by atoms with Crippen LogP contribution in [0.1, 0.15) is 62.1 Å². The first kappa shape index (κ1) is 19.7. The third-order valence-corrected chi connectivity index (χ3v) is 7.82. The highest BCUT2D eigenvalue weighted by atomic mass is 16.5. The van der Waals surface area contributed by atoms with Crippen LogP contribution in [-0.4, -0.2) is 12.0 Å². The van der Waals surface area contributed by atoms with E-state index in [9.17, 15) is 4.79 Å². The van der Waals surface area contributed by atoms with Gasteiger partial charge in [0.15, 0.2) is 6.10 Å². The highest BCUT2D eigenvalue weighted by molar-refractivity contribution is 5.94. The molecule has 0 radical (unpaired) electrons. The third-order valence-electron chi connectivity index (χ3n) is 7.82. The predicted molar refractivity (Wildman–Crippen MR) is 121 cm³/mol. The van der Waals surface area contributed by atoms with Crippen LogP contribution in [-0.2, 0) is 10.2 Å². The Morgan fingerprint density at radius 2 is 1.57 bits per heavy atom. The summed E-state index contributed by atoms with van der Waals surface area (Å²) in [5.41, 5.74) is 4.91. The maximum absolute atomic E-state index is 12.7. The fraction of sp³-hybridized carbons (Fsp3) is 0.519. The van der Waals surface area contributed by atoms with Gasteiger partial charge in [-0.05, 0) is 117 Å². The van der Waals surface area contributed by atoms with Crippen molar-refractivity contribution < 1.29 is 9.53 Å². The van der Waals surface area contributed by atoms with Crippen molar-refractivity contribution in [2.75, 3.05) is 5.32 Å². The number of anilines is 1. The Hall–Kier alpha value is -2.29. The molecule has 3 heteroatoms. The van der Waals surface area contributed by atoms with E-state index < -0.39 is 6.10 Å². The number of aryl methyl sites for hydroxylation is 2. The summed E-state index contributed by atoms with van der Waals surface area (Å²) in [7, 11) is 0. The third kappa shape index (κ3) is 3.64. The predicted octanol–water partition coefficient (Wildman–Crippen LogP) is 6.18. The molecule has 1 amide bonds. The largest absolute Gasteiger partial charge is 0.481 e. The summed E-state index contributed by atoms with van der Waals surface area (Å²) >= 11 is 0. The van der Waals surface area contributed by atoms with Crippen molar-refractivity contribution in [2.45, 2.75) is 70.8 Å². The van der Waals surface area contributed by atoms with Gasteiger partial charge < -0.3 is 10.1 Å². The van der Waals surface area contributed by atoms with Crippen molar-refractivity contribution in [2.24, 2.45) is 17.8 Å². The minimum atomic E-state index is -0.548. The van der Waals surface area contributed by atoms with Gasteiger partial charge in [0.2, 0.25) is 0 Å².